The monoisotopic (exact) mass is 396 g/mol. The van der Waals surface area contributed by atoms with Crippen molar-refractivity contribution in [2.45, 2.75) is 17.4 Å². The van der Waals surface area contributed by atoms with E-state index in [1.807, 2.05) is 0 Å². The Kier molecular flexibility index (Phi) is 6.48. The van der Waals surface area contributed by atoms with Crippen molar-refractivity contribution in [2.75, 3.05) is 59.5 Å². The number of carbonyl (C=O) groups excluding carboxylic acids is 1. The number of rotatable bonds is 6. The molecule has 0 saturated carbocycles. The first-order chi connectivity index (χ1) is 12.9. The van der Waals surface area contributed by atoms with E-state index in [4.69, 9.17) is 10.5 Å². The number of amides is 1. The predicted molar refractivity (Wildman–Crippen MR) is 102 cm³/mol. The first-order valence-corrected chi connectivity index (χ1v) is 10.7. The molecule has 0 radical (unpaired) electrons. The van der Waals surface area contributed by atoms with Crippen molar-refractivity contribution >= 4 is 15.9 Å². The van der Waals surface area contributed by atoms with E-state index in [1.54, 1.807) is 24.1 Å². The molecule has 1 atom stereocenters. The highest BCUT2D eigenvalue weighted by Gasteiger charge is 2.26. The molecule has 3 rings (SSSR count). The van der Waals surface area contributed by atoms with Crippen molar-refractivity contribution < 1.29 is 17.9 Å². The van der Waals surface area contributed by atoms with Crippen LogP contribution >= 0.6 is 0 Å². The first kappa shape index (κ1) is 20.2. The molecular weight excluding hydrogens is 368 g/mol. The van der Waals surface area contributed by atoms with Gasteiger partial charge in [0.05, 0.1) is 18.1 Å². The van der Waals surface area contributed by atoms with E-state index in [2.05, 4.69) is 4.90 Å². The second kappa shape index (κ2) is 8.66. The van der Waals surface area contributed by atoms with E-state index in [9.17, 15) is 13.2 Å². The van der Waals surface area contributed by atoms with Gasteiger partial charge in [0.25, 0.3) is 5.91 Å². The topological polar surface area (TPSA) is 96.2 Å². The van der Waals surface area contributed by atoms with Crippen molar-refractivity contribution in [1.29, 1.82) is 0 Å². The molecule has 8 nitrogen and oxygen atoms in total. The van der Waals surface area contributed by atoms with Gasteiger partial charge in [-0.25, -0.2) is 8.42 Å². The summed E-state index contributed by atoms with van der Waals surface area (Å²) in [5.41, 5.74) is 6.33. The molecule has 2 aliphatic rings. The van der Waals surface area contributed by atoms with Crippen LogP contribution in [0, 0.1) is 0 Å². The minimum absolute atomic E-state index is 0.0220. The lowest BCUT2D eigenvalue weighted by Gasteiger charge is -2.28. The predicted octanol–water partition coefficient (Wildman–Crippen LogP) is -0.187. The number of ether oxygens (including phenoxy) is 1. The first-order valence-electron chi connectivity index (χ1n) is 9.29. The summed E-state index contributed by atoms with van der Waals surface area (Å²) >= 11 is 0. The summed E-state index contributed by atoms with van der Waals surface area (Å²) in [5.74, 6) is -0.104. The zero-order valence-corrected chi connectivity index (χ0v) is 16.5. The fourth-order valence-corrected chi connectivity index (χ4v) is 4.49. The average molecular weight is 397 g/mol. The van der Waals surface area contributed by atoms with Crippen LogP contribution in [0.4, 0.5) is 0 Å². The molecule has 2 N–H and O–H groups in total. The van der Waals surface area contributed by atoms with Gasteiger partial charge >= 0.3 is 0 Å². The Bertz CT molecular complexity index is 747. The summed E-state index contributed by atoms with van der Waals surface area (Å²) in [6, 6.07) is 6.19. The van der Waals surface area contributed by atoms with Crippen LogP contribution < -0.4 is 5.73 Å². The van der Waals surface area contributed by atoms with Crippen molar-refractivity contribution in [3.63, 3.8) is 0 Å². The van der Waals surface area contributed by atoms with E-state index >= 15 is 0 Å². The molecule has 0 unspecified atom stereocenters. The SMILES string of the molecule is CN(CCN1CCOCC1)S(=O)(=O)c1ccc(C(=O)N2CC[C@@H](N)C2)cc1. The number of likely N-dealkylation sites (N-methyl/N-ethyl adjacent to an activating group) is 1. The molecular formula is C18H28N4O4S. The molecule has 27 heavy (non-hydrogen) atoms. The number of benzene rings is 1. The lowest BCUT2D eigenvalue weighted by atomic mass is 10.2. The number of carbonyl (C=O) groups is 1. The molecule has 150 valence electrons. The molecule has 2 heterocycles. The molecule has 2 saturated heterocycles. The average Bonchev–Trinajstić information content (AvgIpc) is 3.12. The number of sulfonamides is 1. The Labute approximate surface area is 160 Å². The van der Waals surface area contributed by atoms with Gasteiger partial charge in [-0.2, -0.15) is 4.31 Å². The van der Waals surface area contributed by atoms with Crippen LogP contribution in [0.15, 0.2) is 29.2 Å². The summed E-state index contributed by atoms with van der Waals surface area (Å²) in [4.78, 5) is 16.6. The quantitative estimate of drug-likeness (QED) is 0.716. The third-order valence-corrected chi connectivity index (χ3v) is 7.03. The van der Waals surface area contributed by atoms with Gasteiger partial charge in [0.15, 0.2) is 0 Å². The van der Waals surface area contributed by atoms with Crippen LogP contribution in [0.25, 0.3) is 0 Å². The zero-order chi connectivity index (χ0) is 19.4. The smallest absolute Gasteiger partial charge is 0.253 e. The minimum atomic E-state index is -3.58. The number of hydrogen-bond donors (Lipinski definition) is 1. The molecule has 1 aromatic rings. The van der Waals surface area contributed by atoms with E-state index in [1.165, 1.54) is 16.4 Å². The number of morpholine rings is 1. The minimum Gasteiger partial charge on any atom is -0.379 e. The molecule has 0 spiro atoms. The van der Waals surface area contributed by atoms with Crippen molar-refractivity contribution in [3.8, 4) is 0 Å². The maximum absolute atomic E-state index is 12.8. The van der Waals surface area contributed by atoms with Gasteiger partial charge in [-0.15, -0.1) is 0 Å². The van der Waals surface area contributed by atoms with Gasteiger partial charge in [-0.3, -0.25) is 9.69 Å². The van der Waals surface area contributed by atoms with Crippen LogP contribution in [-0.2, 0) is 14.8 Å². The highest BCUT2D eigenvalue weighted by atomic mass is 32.2. The molecule has 2 fully saturated rings. The van der Waals surface area contributed by atoms with Gasteiger partial charge in [-0.1, -0.05) is 0 Å². The Morgan fingerprint density at radius 3 is 2.48 bits per heavy atom. The summed E-state index contributed by atoms with van der Waals surface area (Å²) in [6.45, 7) is 5.30. The summed E-state index contributed by atoms with van der Waals surface area (Å²) in [7, 11) is -2.00. The third kappa shape index (κ3) is 4.85. The Hall–Kier alpha value is -1.52. The summed E-state index contributed by atoms with van der Waals surface area (Å²) in [6.07, 6.45) is 0.798. The molecule has 2 aliphatic heterocycles. The lowest BCUT2D eigenvalue weighted by molar-refractivity contribution is 0.0368. The summed E-state index contributed by atoms with van der Waals surface area (Å²) < 4.78 is 32.2. The standard InChI is InChI=1S/C18H28N4O4S/c1-20(8-9-21-10-12-26-13-11-21)27(24,25)17-4-2-15(3-5-17)18(23)22-7-6-16(19)14-22/h2-5,16H,6-14,19H2,1H3/t16-/m1/s1. The van der Waals surface area contributed by atoms with E-state index in [0.717, 1.165) is 19.5 Å². The largest absolute Gasteiger partial charge is 0.379 e. The Morgan fingerprint density at radius 1 is 1.22 bits per heavy atom. The molecule has 1 amide bonds. The van der Waals surface area contributed by atoms with E-state index in [0.29, 0.717) is 45.0 Å². The van der Waals surface area contributed by atoms with E-state index < -0.39 is 10.0 Å². The van der Waals surface area contributed by atoms with Crippen LogP contribution in [-0.4, -0.2) is 94.0 Å². The summed E-state index contributed by atoms with van der Waals surface area (Å²) in [5, 5.41) is 0. The Morgan fingerprint density at radius 2 is 1.89 bits per heavy atom. The van der Waals surface area contributed by atoms with Gasteiger partial charge in [0.2, 0.25) is 10.0 Å². The van der Waals surface area contributed by atoms with E-state index in [-0.39, 0.29) is 16.8 Å². The zero-order valence-electron chi connectivity index (χ0n) is 15.7. The normalized spacial score (nSPS) is 21.7. The van der Waals surface area contributed by atoms with Gasteiger partial charge in [0.1, 0.15) is 0 Å². The van der Waals surface area contributed by atoms with Crippen LogP contribution in [0.3, 0.4) is 0 Å². The van der Waals surface area contributed by atoms with Crippen LogP contribution in [0.2, 0.25) is 0 Å². The molecule has 9 heteroatoms. The second-order valence-electron chi connectivity index (χ2n) is 7.10. The van der Waals surface area contributed by atoms with Gasteiger partial charge in [0, 0.05) is 57.9 Å². The maximum Gasteiger partial charge on any atom is 0.253 e. The second-order valence-corrected chi connectivity index (χ2v) is 9.15. The molecule has 0 aliphatic carbocycles. The van der Waals surface area contributed by atoms with Gasteiger partial charge < -0.3 is 15.4 Å². The van der Waals surface area contributed by atoms with Crippen molar-refractivity contribution in [2.24, 2.45) is 5.73 Å². The Balaban J connectivity index is 1.61. The number of likely N-dealkylation sites (tertiary alicyclic amines) is 1. The molecule has 0 bridgehead atoms. The number of nitrogens with zero attached hydrogens (tertiary/aromatic N) is 3. The van der Waals surface area contributed by atoms with Crippen molar-refractivity contribution in [1.82, 2.24) is 14.1 Å². The molecule has 1 aromatic carbocycles. The fraction of sp³-hybridized carbons (Fsp3) is 0.611. The fourth-order valence-electron chi connectivity index (χ4n) is 3.33. The van der Waals surface area contributed by atoms with Crippen molar-refractivity contribution in [3.05, 3.63) is 29.8 Å². The van der Waals surface area contributed by atoms with Crippen LogP contribution in [0.1, 0.15) is 16.8 Å². The number of nitrogens with two attached hydrogens (primary N) is 1. The van der Waals surface area contributed by atoms with Crippen LogP contribution in [0.5, 0.6) is 0 Å². The third-order valence-electron chi connectivity index (χ3n) is 5.16. The van der Waals surface area contributed by atoms with Gasteiger partial charge in [-0.05, 0) is 30.7 Å². The maximum atomic E-state index is 12.8. The lowest BCUT2D eigenvalue weighted by Crippen LogP contribution is -2.41. The number of hydrogen-bond acceptors (Lipinski definition) is 6. The highest BCUT2D eigenvalue weighted by Crippen LogP contribution is 2.18. The molecule has 0 aromatic heterocycles. The highest BCUT2D eigenvalue weighted by molar-refractivity contribution is 7.89.